The summed E-state index contributed by atoms with van der Waals surface area (Å²) in [4.78, 5) is 29.3. The predicted octanol–water partition coefficient (Wildman–Crippen LogP) is 7.62. The first-order valence-electron chi connectivity index (χ1n) is 14.9. The van der Waals surface area contributed by atoms with Gasteiger partial charge >= 0.3 is 12.2 Å². The van der Waals surface area contributed by atoms with Gasteiger partial charge in [-0.05, 0) is 59.2 Å². The van der Waals surface area contributed by atoms with Crippen molar-refractivity contribution in [3.05, 3.63) is 71.8 Å². The van der Waals surface area contributed by atoms with E-state index in [2.05, 4.69) is 52.2 Å². The summed E-state index contributed by atoms with van der Waals surface area (Å²) in [6.45, 7) is 13.9. The van der Waals surface area contributed by atoms with Crippen LogP contribution in [0.1, 0.15) is 78.4 Å². The van der Waals surface area contributed by atoms with Crippen molar-refractivity contribution in [2.75, 3.05) is 19.8 Å². The van der Waals surface area contributed by atoms with E-state index in [1.165, 1.54) is 9.80 Å². The average molecular weight is 629 g/mol. The van der Waals surface area contributed by atoms with Gasteiger partial charge in [0, 0.05) is 13.1 Å². The van der Waals surface area contributed by atoms with Crippen molar-refractivity contribution in [1.29, 1.82) is 0 Å². The Morgan fingerprint density at radius 2 is 1.02 bits per heavy atom. The van der Waals surface area contributed by atoms with E-state index in [9.17, 15) is 9.59 Å². The van der Waals surface area contributed by atoms with Crippen LogP contribution in [0.5, 0.6) is 0 Å². The summed E-state index contributed by atoms with van der Waals surface area (Å²) in [5.74, 6) is 0. The molecule has 0 aliphatic heterocycles. The van der Waals surface area contributed by atoms with Crippen LogP contribution in [0.15, 0.2) is 60.7 Å². The topological polar surface area (TPSA) is 83.1 Å². The first-order chi connectivity index (χ1) is 20.4. The average Bonchev–Trinajstić information content (AvgIpc) is 2.99. The molecule has 236 valence electrons. The number of thiocarbonyl (C=S) groups is 2. The van der Waals surface area contributed by atoms with Crippen molar-refractivity contribution in [2.24, 2.45) is 10.8 Å². The predicted molar refractivity (Wildman–Crippen MR) is 180 cm³/mol. The highest BCUT2D eigenvalue weighted by molar-refractivity contribution is 7.80. The molecule has 0 bridgehead atoms. The molecule has 0 saturated heterocycles. The smallest absolute Gasteiger partial charge is 0.417 e. The monoisotopic (exact) mass is 628 g/mol. The van der Waals surface area contributed by atoms with Gasteiger partial charge in [-0.1, -0.05) is 115 Å². The number of hydrogen-bond donors (Lipinski definition) is 2. The van der Waals surface area contributed by atoms with Crippen molar-refractivity contribution in [1.82, 2.24) is 20.4 Å². The van der Waals surface area contributed by atoms with Crippen molar-refractivity contribution in [3.63, 3.8) is 0 Å². The van der Waals surface area contributed by atoms with Crippen LogP contribution in [0.25, 0.3) is 0 Å². The summed E-state index contributed by atoms with van der Waals surface area (Å²) in [5, 5.41) is 6.64. The number of nitrogens with zero attached hydrogens (tertiary/aromatic N) is 2. The van der Waals surface area contributed by atoms with Crippen LogP contribution in [0, 0.1) is 10.8 Å². The lowest BCUT2D eigenvalue weighted by atomic mass is 9.87. The second-order valence-electron chi connectivity index (χ2n) is 12.1. The molecule has 2 aromatic carbocycles. The van der Waals surface area contributed by atoms with Crippen molar-refractivity contribution in [2.45, 2.75) is 80.4 Å². The highest BCUT2D eigenvalue weighted by Gasteiger charge is 2.29. The van der Waals surface area contributed by atoms with Gasteiger partial charge in [0.2, 0.25) is 0 Å². The third kappa shape index (κ3) is 13.3. The number of amides is 2. The van der Waals surface area contributed by atoms with Crippen LogP contribution in [-0.4, -0.2) is 52.0 Å². The van der Waals surface area contributed by atoms with E-state index < -0.39 is 12.2 Å². The maximum Gasteiger partial charge on any atom is 0.417 e. The van der Waals surface area contributed by atoms with E-state index in [0.29, 0.717) is 13.1 Å². The van der Waals surface area contributed by atoms with E-state index in [0.717, 1.165) is 36.8 Å². The van der Waals surface area contributed by atoms with Crippen LogP contribution in [0.4, 0.5) is 9.59 Å². The van der Waals surface area contributed by atoms with Crippen LogP contribution in [0.2, 0.25) is 0 Å². The summed E-state index contributed by atoms with van der Waals surface area (Å²) in [5.41, 5.74) is 1.86. The molecular weight excluding hydrogens is 581 g/mol. The van der Waals surface area contributed by atoms with Gasteiger partial charge in [0.1, 0.15) is 19.9 Å². The van der Waals surface area contributed by atoms with Gasteiger partial charge in [-0.3, -0.25) is 0 Å². The molecule has 0 heterocycles. The number of hydrogen-bond acceptors (Lipinski definition) is 6. The molecule has 2 rings (SSSR count). The maximum absolute atomic E-state index is 13.5. The van der Waals surface area contributed by atoms with Crippen molar-refractivity contribution < 1.29 is 19.1 Å². The van der Waals surface area contributed by atoms with E-state index >= 15 is 0 Å². The summed E-state index contributed by atoms with van der Waals surface area (Å²) >= 11 is 11.3. The normalized spacial score (nSPS) is 11.3. The van der Waals surface area contributed by atoms with Crippen LogP contribution < -0.4 is 10.6 Å². The van der Waals surface area contributed by atoms with Crippen LogP contribution in [-0.2, 0) is 22.7 Å². The molecular formula is C33H48N4O4S2. The Hall–Kier alpha value is -3.24. The molecule has 0 aliphatic rings. The Balaban J connectivity index is 2.25. The fraction of sp³-hybridized carbons (Fsp3) is 0.515. The molecule has 8 nitrogen and oxygen atoms in total. The Morgan fingerprint density at radius 1 is 0.674 bits per heavy atom. The zero-order chi connectivity index (χ0) is 31.9. The van der Waals surface area contributed by atoms with Crippen LogP contribution in [0.3, 0.4) is 0 Å². The summed E-state index contributed by atoms with van der Waals surface area (Å²) in [6.07, 6.45) is 2.28. The zero-order valence-electron chi connectivity index (χ0n) is 26.5. The first kappa shape index (κ1) is 36.0. The number of ether oxygens (including phenoxy) is 2. The Kier molecular flexibility index (Phi) is 14.9. The minimum atomic E-state index is -0.702. The molecule has 0 unspecified atom stereocenters. The number of carbonyl (C=O) groups is 2. The molecule has 0 fully saturated rings. The van der Waals surface area contributed by atoms with Crippen molar-refractivity contribution >= 4 is 46.8 Å². The number of rotatable bonds is 14. The van der Waals surface area contributed by atoms with Gasteiger partial charge in [0.25, 0.3) is 0 Å². The quantitative estimate of drug-likeness (QED) is 0.163. The largest absolute Gasteiger partial charge is 0.444 e. The van der Waals surface area contributed by atoms with Gasteiger partial charge in [0.05, 0.1) is 0 Å². The fourth-order valence-electron chi connectivity index (χ4n) is 3.71. The molecule has 0 aliphatic carbocycles. The minimum absolute atomic E-state index is 0.0505. The number of benzene rings is 2. The Morgan fingerprint density at radius 3 is 1.35 bits per heavy atom. The summed E-state index contributed by atoms with van der Waals surface area (Å²) in [6, 6.07) is 18.7. The molecule has 10 heteroatoms. The fourth-order valence-corrected chi connectivity index (χ4v) is 4.17. The first-order valence-corrected chi connectivity index (χ1v) is 15.7. The Labute approximate surface area is 268 Å². The van der Waals surface area contributed by atoms with Gasteiger partial charge in [-0.25, -0.2) is 19.4 Å². The Bertz CT molecular complexity index is 1080. The lowest BCUT2D eigenvalue weighted by molar-refractivity contribution is 0.0897. The number of carbonyl (C=O) groups excluding carboxylic acids is 2. The molecule has 0 saturated carbocycles. The second kappa shape index (κ2) is 17.8. The third-order valence-corrected chi connectivity index (χ3v) is 8.42. The lowest BCUT2D eigenvalue weighted by Gasteiger charge is -2.31. The SMILES string of the molecule is CCC(C)(C)CCNC(=S)N(CN(C(=O)OCc1ccccc1)C(=S)NCCC(C)(C)CC)C(=O)OCc1ccccc1. The molecule has 2 aromatic rings. The van der Waals surface area contributed by atoms with Gasteiger partial charge < -0.3 is 20.1 Å². The van der Waals surface area contributed by atoms with Crippen LogP contribution >= 0.6 is 24.4 Å². The van der Waals surface area contributed by atoms with Gasteiger partial charge in [-0.2, -0.15) is 0 Å². The lowest BCUT2D eigenvalue weighted by Crippen LogP contribution is -2.54. The molecule has 43 heavy (non-hydrogen) atoms. The molecule has 2 N–H and O–H groups in total. The molecule has 0 aromatic heterocycles. The molecule has 0 spiro atoms. The number of nitrogens with one attached hydrogen (secondary N) is 2. The van der Waals surface area contributed by atoms with Gasteiger partial charge in [0.15, 0.2) is 10.2 Å². The van der Waals surface area contributed by atoms with E-state index in [4.69, 9.17) is 33.9 Å². The van der Waals surface area contributed by atoms with E-state index in [-0.39, 0.29) is 40.9 Å². The second-order valence-corrected chi connectivity index (χ2v) is 12.9. The molecule has 0 atom stereocenters. The minimum Gasteiger partial charge on any atom is -0.444 e. The highest BCUT2D eigenvalue weighted by Crippen LogP contribution is 2.24. The third-order valence-electron chi connectivity index (χ3n) is 7.69. The van der Waals surface area contributed by atoms with E-state index in [1.54, 1.807) is 0 Å². The van der Waals surface area contributed by atoms with Gasteiger partial charge in [-0.15, -0.1) is 0 Å². The standard InChI is InChI=1S/C33H48N4O4S2/c1-7-32(3,4)19-21-34-28(42)36(30(38)40-23-26-15-11-9-12-16-26)25-37(29(43)35-22-20-33(5,6)8-2)31(39)41-24-27-17-13-10-14-18-27/h9-18H,7-8,19-25H2,1-6H3,(H,34,42)(H,35,43). The summed E-state index contributed by atoms with van der Waals surface area (Å²) in [7, 11) is 0. The molecule has 0 radical (unpaired) electrons. The maximum atomic E-state index is 13.5. The highest BCUT2D eigenvalue weighted by atomic mass is 32.1. The van der Waals surface area contributed by atoms with Crippen molar-refractivity contribution in [3.8, 4) is 0 Å². The summed E-state index contributed by atoms with van der Waals surface area (Å²) < 4.78 is 11.3. The zero-order valence-corrected chi connectivity index (χ0v) is 28.1. The van der Waals surface area contributed by atoms with E-state index in [1.807, 2.05) is 60.7 Å². The molecule has 2 amide bonds.